The molecule has 1 saturated carbocycles. The number of pyridine rings is 1. The van der Waals surface area contributed by atoms with Crippen molar-refractivity contribution < 1.29 is 19.0 Å². The molecule has 0 N–H and O–H groups in total. The van der Waals surface area contributed by atoms with Crippen molar-refractivity contribution in [3.63, 3.8) is 0 Å². The fraction of sp³-hybridized carbons (Fsp3) is 0.250. The summed E-state index contributed by atoms with van der Waals surface area (Å²) in [5, 5.41) is 0. The molecule has 0 saturated heterocycles. The molecule has 1 fully saturated rings. The highest BCUT2D eigenvalue weighted by Crippen LogP contribution is 2.31. The Labute approximate surface area is 170 Å². The summed E-state index contributed by atoms with van der Waals surface area (Å²) in [4.78, 5) is 15.8. The Morgan fingerprint density at radius 2 is 1.76 bits per heavy atom. The number of esters is 1. The van der Waals surface area contributed by atoms with E-state index in [4.69, 9.17) is 14.2 Å². The molecule has 148 valence electrons. The van der Waals surface area contributed by atoms with Crippen LogP contribution < -0.4 is 9.47 Å². The molecule has 4 rings (SSSR count). The van der Waals surface area contributed by atoms with Crippen molar-refractivity contribution in [3.8, 4) is 22.6 Å². The summed E-state index contributed by atoms with van der Waals surface area (Å²) < 4.78 is 16.5. The summed E-state index contributed by atoms with van der Waals surface area (Å²) in [7, 11) is 1.37. The minimum Gasteiger partial charge on any atom is -0.492 e. The van der Waals surface area contributed by atoms with Crippen LogP contribution in [0.5, 0.6) is 11.5 Å². The van der Waals surface area contributed by atoms with Crippen LogP contribution in [0.1, 0.15) is 28.8 Å². The van der Waals surface area contributed by atoms with Crippen molar-refractivity contribution >= 4 is 5.97 Å². The zero-order valence-electron chi connectivity index (χ0n) is 16.3. The Bertz CT molecular complexity index is 980. The maximum absolute atomic E-state index is 11.5. The highest BCUT2D eigenvalue weighted by Gasteiger charge is 2.22. The highest BCUT2D eigenvalue weighted by atomic mass is 16.5. The first-order valence-corrected chi connectivity index (χ1v) is 9.69. The largest absolute Gasteiger partial charge is 0.492 e. The first kappa shape index (κ1) is 19.0. The number of hydrogen-bond acceptors (Lipinski definition) is 5. The van der Waals surface area contributed by atoms with Crippen LogP contribution in [-0.4, -0.2) is 24.7 Å². The zero-order chi connectivity index (χ0) is 20.1. The molecule has 5 nitrogen and oxygen atoms in total. The number of hydrogen-bond donors (Lipinski definition) is 0. The van der Waals surface area contributed by atoms with Gasteiger partial charge in [0.2, 0.25) is 0 Å². The molecular formula is C24H23NO4. The van der Waals surface area contributed by atoms with E-state index in [2.05, 4.69) is 4.98 Å². The Kier molecular flexibility index (Phi) is 5.75. The van der Waals surface area contributed by atoms with Gasteiger partial charge in [-0.15, -0.1) is 0 Å². The predicted octanol–water partition coefficient (Wildman–Crippen LogP) is 4.90. The minimum absolute atomic E-state index is 0.345. The molecule has 0 unspecified atom stereocenters. The Morgan fingerprint density at radius 1 is 0.966 bits per heavy atom. The molecule has 1 heterocycles. The second-order valence-electron chi connectivity index (χ2n) is 7.17. The minimum atomic E-state index is -0.345. The molecule has 1 aromatic heterocycles. The highest BCUT2D eigenvalue weighted by molar-refractivity contribution is 5.89. The molecule has 5 heteroatoms. The van der Waals surface area contributed by atoms with Gasteiger partial charge in [0, 0.05) is 11.8 Å². The molecule has 3 aromatic rings. The molecule has 1 aliphatic rings. The van der Waals surface area contributed by atoms with Crippen LogP contribution in [0, 0.1) is 5.92 Å². The Morgan fingerprint density at radius 3 is 2.52 bits per heavy atom. The van der Waals surface area contributed by atoms with Crippen LogP contribution in [-0.2, 0) is 11.3 Å². The van der Waals surface area contributed by atoms with Crippen molar-refractivity contribution in [2.24, 2.45) is 5.92 Å². The van der Waals surface area contributed by atoms with E-state index in [0.29, 0.717) is 18.1 Å². The number of rotatable bonds is 8. The molecule has 0 radical (unpaired) electrons. The average molecular weight is 389 g/mol. The van der Waals surface area contributed by atoms with Crippen LogP contribution in [0.15, 0.2) is 67.0 Å². The number of aromatic nitrogens is 1. The molecule has 29 heavy (non-hydrogen) atoms. The van der Waals surface area contributed by atoms with E-state index < -0.39 is 0 Å². The van der Waals surface area contributed by atoms with Gasteiger partial charge < -0.3 is 14.2 Å². The van der Waals surface area contributed by atoms with Gasteiger partial charge >= 0.3 is 5.97 Å². The number of carbonyl (C=O) groups excluding carboxylic acids is 1. The fourth-order valence-electron chi connectivity index (χ4n) is 2.94. The normalized spacial score (nSPS) is 13.0. The molecule has 0 bridgehead atoms. The molecule has 0 spiro atoms. The SMILES string of the molecule is COC(=O)c1ccc(COc2cccc(-c3cncc(OCC4CC4)c3)c2)cc1. The average Bonchev–Trinajstić information content (AvgIpc) is 3.61. The lowest BCUT2D eigenvalue weighted by molar-refractivity contribution is 0.0600. The predicted molar refractivity (Wildman–Crippen MR) is 110 cm³/mol. The standard InChI is InChI=1S/C24H23NO4/c1-27-24(26)19-9-7-18(8-10-19)15-28-22-4-2-3-20(11-22)21-12-23(14-25-13-21)29-16-17-5-6-17/h2-4,7-14,17H,5-6,15-16H2,1H3. The molecule has 0 atom stereocenters. The van der Waals surface area contributed by atoms with E-state index in [0.717, 1.165) is 34.8 Å². The topological polar surface area (TPSA) is 57.7 Å². The van der Waals surface area contributed by atoms with E-state index >= 15 is 0 Å². The molecule has 1 aliphatic carbocycles. The number of carbonyl (C=O) groups is 1. The van der Waals surface area contributed by atoms with E-state index in [9.17, 15) is 4.79 Å². The van der Waals surface area contributed by atoms with Crippen LogP contribution >= 0.6 is 0 Å². The maximum atomic E-state index is 11.5. The summed E-state index contributed by atoms with van der Waals surface area (Å²) >= 11 is 0. The van der Waals surface area contributed by atoms with Crippen molar-refractivity contribution in [2.75, 3.05) is 13.7 Å². The van der Waals surface area contributed by atoms with Crippen molar-refractivity contribution in [2.45, 2.75) is 19.4 Å². The third-order valence-electron chi connectivity index (χ3n) is 4.84. The first-order valence-electron chi connectivity index (χ1n) is 9.69. The number of benzene rings is 2. The van der Waals surface area contributed by atoms with E-state index in [1.165, 1.54) is 20.0 Å². The first-order chi connectivity index (χ1) is 14.2. The quantitative estimate of drug-likeness (QED) is 0.513. The number of nitrogens with zero attached hydrogens (tertiary/aromatic N) is 1. The van der Waals surface area contributed by atoms with Crippen LogP contribution in [0.25, 0.3) is 11.1 Å². The lowest BCUT2D eigenvalue weighted by Gasteiger charge is -2.10. The maximum Gasteiger partial charge on any atom is 0.337 e. The van der Waals surface area contributed by atoms with Gasteiger partial charge in [0.1, 0.15) is 18.1 Å². The summed E-state index contributed by atoms with van der Waals surface area (Å²) in [5.41, 5.74) is 3.51. The third-order valence-corrected chi connectivity index (χ3v) is 4.84. The van der Waals surface area contributed by atoms with Gasteiger partial charge in [-0.25, -0.2) is 4.79 Å². The van der Waals surface area contributed by atoms with Crippen molar-refractivity contribution in [3.05, 3.63) is 78.1 Å². The van der Waals surface area contributed by atoms with Crippen LogP contribution in [0.3, 0.4) is 0 Å². The molecule has 2 aromatic carbocycles. The Balaban J connectivity index is 1.40. The summed E-state index contributed by atoms with van der Waals surface area (Å²) in [6.07, 6.45) is 6.11. The van der Waals surface area contributed by atoms with Gasteiger partial charge in [0.15, 0.2) is 0 Å². The summed E-state index contributed by atoms with van der Waals surface area (Å²) in [6, 6.07) is 17.1. The zero-order valence-corrected chi connectivity index (χ0v) is 16.3. The molecule has 0 aliphatic heterocycles. The van der Waals surface area contributed by atoms with Crippen molar-refractivity contribution in [1.82, 2.24) is 4.98 Å². The van der Waals surface area contributed by atoms with Gasteiger partial charge in [0.25, 0.3) is 0 Å². The molecule has 0 amide bonds. The van der Waals surface area contributed by atoms with E-state index in [-0.39, 0.29) is 5.97 Å². The van der Waals surface area contributed by atoms with Crippen LogP contribution in [0.4, 0.5) is 0 Å². The van der Waals surface area contributed by atoms with E-state index in [1.54, 1.807) is 18.3 Å². The smallest absolute Gasteiger partial charge is 0.337 e. The third kappa shape index (κ3) is 5.13. The second-order valence-corrected chi connectivity index (χ2v) is 7.17. The van der Waals surface area contributed by atoms with Crippen LogP contribution in [0.2, 0.25) is 0 Å². The number of ether oxygens (including phenoxy) is 3. The van der Waals surface area contributed by atoms with Gasteiger partial charge in [-0.2, -0.15) is 0 Å². The van der Waals surface area contributed by atoms with Gasteiger partial charge in [0.05, 0.1) is 25.5 Å². The lowest BCUT2D eigenvalue weighted by atomic mass is 10.1. The molecular weight excluding hydrogens is 366 g/mol. The fourth-order valence-corrected chi connectivity index (χ4v) is 2.94. The number of methoxy groups -OCH3 is 1. The monoisotopic (exact) mass is 389 g/mol. The summed E-state index contributed by atoms with van der Waals surface area (Å²) in [5.74, 6) is 1.93. The summed E-state index contributed by atoms with van der Waals surface area (Å²) in [6.45, 7) is 1.18. The van der Waals surface area contributed by atoms with Gasteiger partial charge in [-0.3, -0.25) is 4.98 Å². The second kappa shape index (κ2) is 8.78. The lowest BCUT2D eigenvalue weighted by Crippen LogP contribution is -2.02. The van der Waals surface area contributed by atoms with Gasteiger partial charge in [-0.1, -0.05) is 24.3 Å². The van der Waals surface area contributed by atoms with Gasteiger partial charge in [-0.05, 0) is 60.2 Å². The van der Waals surface area contributed by atoms with E-state index in [1.807, 2.05) is 48.7 Å². The Hall–Kier alpha value is -3.34. The van der Waals surface area contributed by atoms with Crippen molar-refractivity contribution in [1.29, 1.82) is 0 Å².